The molecule has 0 aromatic heterocycles. The van der Waals surface area contributed by atoms with Gasteiger partial charge in [-0.15, -0.1) is 0 Å². The Kier molecular flexibility index (Phi) is 5.78. The molecule has 0 atom stereocenters. The fraction of sp³-hybridized carbons (Fsp3) is 0.125. The topological polar surface area (TPSA) is 58.2 Å². The van der Waals surface area contributed by atoms with E-state index in [2.05, 4.69) is 26.6 Å². The minimum atomic E-state index is -4.58. The molecule has 0 aliphatic carbocycles. The van der Waals surface area contributed by atoms with Crippen LogP contribution < -0.4 is 10.6 Å². The van der Waals surface area contributed by atoms with E-state index in [-0.39, 0.29) is 15.7 Å². The molecule has 0 bridgehead atoms. The van der Waals surface area contributed by atoms with Gasteiger partial charge in [0, 0.05) is 10.2 Å². The van der Waals surface area contributed by atoms with E-state index in [9.17, 15) is 27.2 Å². The van der Waals surface area contributed by atoms with Gasteiger partial charge in [-0.25, -0.2) is 4.39 Å². The zero-order valence-electron chi connectivity index (χ0n) is 12.5. The molecule has 9 heteroatoms. The molecule has 2 N–H and O–H groups in total. The summed E-state index contributed by atoms with van der Waals surface area (Å²) in [5, 5.41) is 4.43. The summed E-state index contributed by atoms with van der Waals surface area (Å²) in [6.45, 7) is -0.523. The predicted octanol–water partition coefficient (Wildman–Crippen LogP) is 3.98. The molecule has 0 aliphatic rings. The Hall–Kier alpha value is -2.42. The lowest BCUT2D eigenvalue weighted by Gasteiger charge is -2.12. The van der Waals surface area contributed by atoms with Crippen molar-refractivity contribution in [1.82, 2.24) is 5.32 Å². The lowest BCUT2D eigenvalue weighted by atomic mass is 10.2. The van der Waals surface area contributed by atoms with Crippen molar-refractivity contribution < 1.29 is 27.2 Å². The Labute approximate surface area is 148 Å². The average Bonchev–Trinajstić information content (AvgIpc) is 2.54. The normalized spacial score (nSPS) is 11.1. The van der Waals surface area contributed by atoms with E-state index >= 15 is 0 Å². The number of rotatable bonds is 4. The van der Waals surface area contributed by atoms with Crippen molar-refractivity contribution in [2.45, 2.75) is 6.18 Å². The fourth-order valence-electron chi connectivity index (χ4n) is 1.93. The van der Waals surface area contributed by atoms with Crippen LogP contribution in [0.15, 0.2) is 46.9 Å². The summed E-state index contributed by atoms with van der Waals surface area (Å²) >= 11 is 2.79. The van der Waals surface area contributed by atoms with Crippen LogP contribution in [0.1, 0.15) is 15.9 Å². The first-order chi connectivity index (χ1) is 11.7. The first-order valence-corrected chi connectivity index (χ1v) is 7.67. The number of hydrogen-bond acceptors (Lipinski definition) is 2. The number of benzene rings is 2. The molecule has 2 aromatic rings. The molecule has 25 heavy (non-hydrogen) atoms. The van der Waals surface area contributed by atoms with Crippen LogP contribution >= 0.6 is 15.9 Å². The third-order valence-electron chi connectivity index (χ3n) is 3.08. The molecule has 132 valence electrons. The summed E-state index contributed by atoms with van der Waals surface area (Å²) < 4.78 is 51.7. The van der Waals surface area contributed by atoms with Crippen LogP contribution in [0.3, 0.4) is 0 Å². The largest absolute Gasteiger partial charge is 0.417 e. The number of alkyl halides is 3. The Morgan fingerprint density at radius 2 is 1.76 bits per heavy atom. The van der Waals surface area contributed by atoms with Crippen molar-refractivity contribution in [3.63, 3.8) is 0 Å². The van der Waals surface area contributed by atoms with E-state index in [1.54, 1.807) is 0 Å². The molecule has 4 nitrogen and oxygen atoms in total. The lowest BCUT2D eigenvalue weighted by Crippen LogP contribution is -2.33. The first kappa shape index (κ1) is 18.9. The summed E-state index contributed by atoms with van der Waals surface area (Å²) in [5.74, 6) is -2.30. The standard InChI is InChI=1S/C16H11BrF4N2O2/c17-12-6-5-9(7-11(12)16(19,20)21)23-14(24)8-22-15(25)10-3-1-2-4-13(10)18/h1-7H,8H2,(H,22,25)(H,23,24). The molecule has 2 rings (SSSR count). The second-order valence-corrected chi connectivity index (χ2v) is 5.76. The number of amides is 2. The van der Waals surface area contributed by atoms with Gasteiger partial charge in [-0.2, -0.15) is 13.2 Å². The maximum absolute atomic E-state index is 13.4. The van der Waals surface area contributed by atoms with E-state index in [4.69, 9.17) is 0 Å². The first-order valence-electron chi connectivity index (χ1n) is 6.88. The quantitative estimate of drug-likeness (QED) is 0.737. The molecule has 0 spiro atoms. The highest BCUT2D eigenvalue weighted by Crippen LogP contribution is 2.36. The van der Waals surface area contributed by atoms with Gasteiger partial charge in [-0.05, 0) is 30.3 Å². The average molecular weight is 419 g/mol. The van der Waals surface area contributed by atoms with Crippen molar-refractivity contribution in [2.24, 2.45) is 0 Å². The Bertz CT molecular complexity index is 809. The number of carbonyl (C=O) groups excluding carboxylic acids is 2. The molecule has 0 unspecified atom stereocenters. The van der Waals surface area contributed by atoms with Crippen LogP contribution in [0.5, 0.6) is 0 Å². The molecule has 0 saturated heterocycles. The van der Waals surface area contributed by atoms with Gasteiger partial charge in [0.15, 0.2) is 0 Å². The number of anilines is 1. The van der Waals surface area contributed by atoms with Gasteiger partial charge < -0.3 is 10.6 Å². The van der Waals surface area contributed by atoms with Gasteiger partial charge in [0.2, 0.25) is 5.91 Å². The van der Waals surface area contributed by atoms with Crippen LogP contribution in [0.4, 0.5) is 23.2 Å². The van der Waals surface area contributed by atoms with Crippen LogP contribution in [0.25, 0.3) is 0 Å². The summed E-state index contributed by atoms with van der Waals surface area (Å²) in [6, 6.07) is 8.39. The van der Waals surface area contributed by atoms with Crippen LogP contribution in [0, 0.1) is 5.82 Å². The Morgan fingerprint density at radius 1 is 1.08 bits per heavy atom. The highest BCUT2D eigenvalue weighted by Gasteiger charge is 2.33. The second kappa shape index (κ2) is 7.64. The van der Waals surface area contributed by atoms with Gasteiger partial charge >= 0.3 is 6.18 Å². The van der Waals surface area contributed by atoms with Gasteiger partial charge in [-0.1, -0.05) is 28.1 Å². The summed E-state index contributed by atoms with van der Waals surface area (Å²) in [5.41, 5.74) is -1.26. The summed E-state index contributed by atoms with van der Waals surface area (Å²) in [7, 11) is 0. The molecular formula is C16H11BrF4N2O2. The molecule has 0 heterocycles. The third-order valence-corrected chi connectivity index (χ3v) is 3.78. The number of nitrogens with one attached hydrogen (secondary N) is 2. The van der Waals surface area contributed by atoms with Gasteiger partial charge in [-0.3, -0.25) is 9.59 Å². The molecule has 0 radical (unpaired) electrons. The van der Waals surface area contributed by atoms with Crippen molar-refractivity contribution >= 4 is 33.4 Å². The van der Waals surface area contributed by atoms with Crippen LogP contribution in [0.2, 0.25) is 0 Å². The summed E-state index contributed by atoms with van der Waals surface area (Å²) in [4.78, 5) is 23.5. The zero-order valence-corrected chi connectivity index (χ0v) is 14.0. The maximum Gasteiger partial charge on any atom is 0.417 e. The third kappa shape index (κ3) is 5.02. The van der Waals surface area contributed by atoms with Gasteiger partial charge in [0.05, 0.1) is 17.7 Å². The minimum absolute atomic E-state index is 0.0827. The molecule has 0 saturated carbocycles. The number of halogens is 5. The van der Waals surface area contributed by atoms with Gasteiger partial charge in [0.25, 0.3) is 5.91 Å². The van der Waals surface area contributed by atoms with Crippen LogP contribution in [-0.4, -0.2) is 18.4 Å². The molecular weight excluding hydrogens is 408 g/mol. The highest BCUT2D eigenvalue weighted by atomic mass is 79.9. The molecule has 2 aromatic carbocycles. The van der Waals surface area contributed by atoms with E-state index in [0.29, 0.717) is 0 Å². The monoisotopic (exact) mass is 418 g/mol. The van der Waals surface area contributed by atoms with Crippen molar-refractivity contribution in [3.8, 4) is 0 Å². The van der Waals surface area contributed by atoms with E-state index in [1.807, 2.05) is 0 Å². The van der Waals surface area contributed by atoms with E-state index in [1.165, 1.54) is 24.3 Å². The SMILES string of the molecule is O=C(CNC(=O)c1ccccc1F)Nc1ccc(Br)c(C(F)(F)F)c1. The van der Waals surface area contributed by atoms with Gasteiger partial charge in [0.1, 0.15) is 5.82 Å². The fourth-order valence-corrected chi connectivity index (χ4v) is 2.40. The lowest BCUT2D eigenvalue weighted by molar-refractivity contribution is -0.138. The zero-order chi connectivity index (χ0) is 18.6. The van der Waals surface area contributed by atoms with Crippen molar-refractivity contribution in [2.75, 3.05) is 11.9 Å². The van der Waals surface area contributed by atoms with E-state index < -0.39 is 35.9 Å². The van der Waals surface area contributed by atoms with Crippen LogP contribution in [-0.2, 0) is 11.0 Å². The Morgan fingerprint density at radius 3 is 2.40 bits per heavy atom. The number of hydrogen-bond donors (Lipinski definition) is 2. The van der Waals surface area contributed by atoms with Crippen molar-refractivity contribution in [1.29, 1.82) is 0 Å². The molecule has 2 amide bonds. The highest BCUT2D eigenvalue weighted by molar-refractivity contribution is 9.10. The second-order valence-electron chi connectivity index (χ2n) is 4.90. The maximum atomic E-state index is 13.4. The van der Waals surface area contributed by atoms with E-state index in [0.717, 1.165) is 18.2 Å². The number of carbonyl (C=O) groups is 2. The summed E-state index contributed by atoms with van der Waals surface area (Å²) in [6.07, 6.45) is -4.58. The molecule has 0 aliphatic heterocycles. The Balaban J connectivity index is 1.99. The van der Waals surface area contributed by atoms with Crippen molar-refractivity contribution in [3.05, 3.63) is 63.9 Å². The smallest absolute Gasteiger partial charge is 0.343 e. The molecule has 0 fully saturated rings. The predicted molar refractivity (Wildman–Crippen MR) is 86.5 cm³/mol. The minimum Gasteiger partial charge on any atom is -0.343 e.